The second kappa shape index (κ2) is 6.80. The van der Waals surface area contributed by atoms with Gasteiger partial charge in [-0.05, 0) is 6.08 Å². The van der Waals surface area contributed by atoms with Crippen LogP contribution in [0.25, 0.3) is 0 Å². The summed E-state index contributed by atoms with van der Waals surface area (Å²) < 4.78 is 0.170. The van der Waals surface area contributed by atoms with E-state index in [-0.39, 0.29) is 29.8 Å². The third-order valence-corrected chi connectivity index (χ3v) is 2.20. The Labute approximate surface area is 100 Å². The number of ketones is 1. The maximum atomic E-state index is 11.4. The largest absolute Gasteiger partial charge is 0.544 e. The highest BCUT2D eigenvalue weighted by atomic mass is 16.4. The number of amides is 1. The predicted molar refractivity (Wildman–Crippen MR) is 59.7 cm³/mol. The Morgan fingerprint density at radius 1 is 1.35 bits per heavy atom. The third-order valence-electron chi connectivity index (χ3n) is 2.20. The Hall–Kier alpha value is -1.69. The molecule has 0 spiro atoms. The average molecular weight is 242 g/mol. The minimum Gasteiger partial charge on any atom is -0.544 e. The molecule has 0 aromatic rings. The van der Waals surface area contributed by atoms with Crippen LogP contribution in [0.15, 0.2) is 12.7 Å². The lowest BCUT2D eigenvalue weighted by Gasteiger charge is -2.29. The fraction of sp³-hybridized carbons (Fsp3) is 0.545. The average Bonchev–Trinajstić information content (AvgIpc) is 2.21. The van der Waals surface area contributed by atoms with Gasteiger partial charge in [-0.3, -0.25) is 9.59 Å². The Kier molecular flexibility index (Phi) is 6.12. The number of nitrogens with one attached hydrogen (secondary N) is 1. The Balaban J connectivity index is 3.94. The third kappa shape index (κ3) is 8.15. The molecule has 0 atom stereocenters. The quantitative estimate of drug-likeness (QED) is 0.397. The Morgan fingerprint density at radius 3 is 2.41 bits per heavy atom. The number of nitrogens with zero attached hydrogens (tertiary/aromatic N) is 1. The minimum atomic E-state index is -1.15. The number of aliphatic carboxylic acids is 1. The van der Waals surface area contributed by atoms with Gasteiger partial charge < -0.3 is 19.7 Å². The van der Waals surface area contributed by atoms with Gasteiger partial charge in [-0.1, -0.05) is 6.58 Å². The van der Waals surface area contributed by atoms with Gasteiger partial charge in [0, 0.05) is 0 Å². The summed E-state index contributed by atoms with van der Waals surface area (Å²) in [6.07, 6.45) is 1.29. The van der Waals surface area contributed by atoms with Gasteiger partial charge in [0.1, 0.15) is 6.54 Å². The van der Waals surface area contributed by atoms with Crippen molar-refractivity contribution in [2.45, 2.75) is 6.42 Å². The van der Waals surface area contributed by atoms with Crippen molar-refractivity contribution in [1.82, 2.24) is 5.32 Å². The molecule has 0 aromatic carbocycles. The number of likely N-dealkylation sites (N-methyl/N-ethyl adjacent to an activating group) is 1. The molecule has 0 aliphatic rings. The molecule has 0 unspecified atom stereocenters. The van der Waals surface area contributed by atoms with Crippen LogP contribution in [0, 0.1) is 0 Å². The molecule has 0 fully saturated rings. The van der Waals surface area contributed by atoms with E-state index >= 15 is 0 Å². The number of hydrogen-bond acceptors (Lipinski definition) is 4. The second-order valence-electron chi connectivity index (χ2n) is 4.40. The lowest BCUT2D eigenvalue weighted by Crippen LogP contribution is -2.49. The molecule has 96 valence electrons. The van der Waals surface area contributed by atoms with Crippen molar-refractivity contribution in [2.75, 3.05) is 33.7 Å². The summed E-state index contributed by atoms with van der Waals surface area (Å²) in [5.41, 5.74) is 0. The number of quaternary nitrogens is 1. The monoisotopic (exact) mass is 242 g/mol. The molecule has 0 aliphatic carbocycles. The molecule has 0 bridgehead atoms. The zero-order valence-electron chi connectivity index (χ0n) is 10.2. The van der Waals surface area contributed by atoms with E-state index in [4.69, 9.17) is 0 Å². The van der Waals surface area contributed by atoms with Gasteiger partial charge in [-0.25, -0.2) is 0 Å². The van der Waals surface area contributed by atoms with Crippen LogP contribution in [-0.4, -0.2) is 55.9 Å². The fourth-order valence-electron chi connectivity index (χ4n) is 1.20. The Bertz CT molecular complexity index is 323. The first-order valence-electron chi connectivity index (χ1n) is 5.20. The van der Waals surface area contributed by atoms with Crippen molar-refractivity contribution in [2.24, 2.45) is 0 Å². The number of carboxylic acid groups (broad SMARTS) is 1. The van der Waals surface area contributed by atoms with Crippen molar-refractivity contribution in [3.8, 4) is 0 Å². The SMILES string of the molecule is C=CC(=O)NCC(=O)CC[N+](C)(C)CC(=O)[O-]. The van der Waals surface area contributed by atoms with Gasteiger partial charge in [0.2, 0.25) is 5.91 Å². The molecule has 1 amide bonds. The summed E-state index contributed by atoms with van der Waals surface area (Å²) >= 11 is 0. The lowest BCUT2D eigenvalue weighted by molar-refractivity contribution is -0.884. The van der Waals surface area contributed by atoms with Crippen LogP contribution in [0.2, 0.25) is 0 Å². The molecule has 6 heteroatoms. The normalized spacial score (nSPS) is 10.7. The maximum absolute atomic E-state index is 11.4. The van der Waals surface area contributed by atoms with E-state index in [1.165, 1.54) is 0 Å². The van der Waals surface area contributed by atoms with E-state index in [2.05, 4.69) is 11.9 Å². The molecular weight excluding hydrogens is 224 g/mol. The number of rotatable bonds is 8. The summed E-state index contributed by atoms with van der Waals surface area (Å²) in [5, 5.41) is 12.8. The Morgan fingerprint density at radius 2 is 1.94 bits per heavy atom. The summed E-state index contributed by atoms with van der Waals surface area (Å²) in [5.74, 6) is -1.70. The van der Waals surface area contributed by atoms with Crippen molar-refractivity contribution < 1.29 is 24.0 Å². The molecule has 0 saturated heterocycles. The maximum Gasteiger partial charge on any atom is 0.243 e. The topological polar surface area (TPSA) is 86.3 Å². The van der Waals surface area contributed by atoms with Crippen LogP contribution in [0.3, 0.4) is 0 Å². The van der Waals surface area contributed by atoms with E-state index in [0.29, 0.717) is 6.54 Å². The molecular formula is C11H18N2O4. The zero-order valence-corrected chi connectivity index (χ0v) is 10.2. The van der Waals surface area contributed by atoms with E-state index in [9.17, 15) is 19.5 Å². The molecule has 17 heavy (non-hydrogen) atoms. The van der Waals surface area contributed by atoms with Gasteiger partial charge in [0.15, 0.2) is 5.78 Å². The number of hydrogen-bond donors (Lipinski definition) is 1. The van der Waals surface area contributed by atoms with Crippen LogP contribution < -0.4 is 10.4 Å². The van der Waals surface area contributed by atoms with Gasteiger partial charge in [-0.15, -0.1) is 0 Å². The smallest absolute Gasteiger partial charge is 0.243 e. The zero-order chi connectivity index (χ0) is 13.5. The van der Waals surface area contributed by atoms with Crippen LogP contribution in [0.1, 0.15) is 6.42 Å². The van der Waals surface area contributed by atoms with E-state index in [0.717, 1.165) is 6.08 Å². The summed E-state index contributed by atoms with van der Waals surface area (Å²) in [6.45, 7) is 3.44. The van der Waals surface area contributed by atoms with Gasteiger partial charge in [-0.2, -0.15) is 0 Å². The molecule has 1 N–H and O–H groups in total. The molecule has 0 radical (unpaired) electrons. The molecule has 0 aliphatic heterocycles. The van der Waals surface area contributed by atoms with Gasteiger partial charge in [0.05, 0.1) is 39.6 Å². The van der Waals surface area contributed by atoms with Crippen molar-refractivity contribution in [1.29, 1.82) is 0 Å². The van der Waals surface area contributed by atoms with E-state index in [1.807, 2.05) is 0 Å². The van der Waals surface area contributed by atoms with Crippen molar-refractivity contribution in [3.05, 3.63) is 12.7 Å². The van der Waals surface area contributed by atoms with Crippen molar-refractivity contribution >= 4 is 17.7 Å². The fourth-order valence-corrected chi connectivity index (χ4v) is 1.20. The standard InChI is InChI=1S/C11H18N2O4/c1-4-10(15)12-7-9(14)5-6-13(2,3)8-11(16)17/h4H,1,5-8H2,2-3H3,(H-,12,15,16,17). The number of carboxylic acids is 1. The molecule has 6 nitrogen and oxygen atoms in total. The van der Waals surface area contributed by atoms with Crippen LogP contribution >= 0.6 is 0 Å². The first-order chi connectivity index (χ1) is 7.76. The van der Waals surface area contributed by atoms with Crippen LogP contribution in [-0.2, 0) is 14.4 Å². The first kappa shape index (κ1) is 15.3. The number of Topliss-reactive ketones (excluding diaryl/α,β-unsaturated/α-hetero) is 1. The number of carbonyl (C=O) groups is 3. The summed E-state index contributed by atoms with van der Waals surface area (Å²) in [7, 11) is 3.40. The van der Waals surface area contributed by atoms with E-state index in [1.54, 1.807) is 14.1 Å². The van der Waals surface area contributed by atoms with Gasteiger partial charge in [0.25, 0.3) is 0 Å². The number of carbonyl (C=O) groups excluding carboxylic acids is 3. The van der Waals surface area contributed by atoms with Crippen LogP contribution in [0.4, 0.5) is 0 Å². The highest BCUT2D eigenvalue weighted by Crippen LogP contribution is 1.98. The molecule has 0 aromatic heterocycles. The van der Waals surface area contributed by atoms with Gasteiger partial charge >= 0.3 is 0 Å². The highest BCUT2D eigenvalue weighted by molar-refractivity contribution is 5.91. The molecule has 0 saturated carbocycles. The van der Waals surface area contributed by atoms with Crippen molar-refractivity contribution in [3.63, 3.8) is 0 Å². The van der Waals surface area contributed by atoms with Crippen LogP contribution in [0.5, 0.6) is 0 Å². The summed E-state index contributed by atoms with van der Waals surface area (Å²) in [4.78, 5) is 32.6. The first-order valence-corrected chi connectivity index (χ1v) is 5.20. The van der Waals surface area contributed by atoms with E-state index < -0.39 is 11.9 Å². The molecule has 0 heterocycles. The minimum absolute atomic E-state index is 0.0594. The highest BCUT2D eigenvalue weighted by Gasteiger charge is 2.17. The molecule has 0 rings (SSSR count). The summed E-state index contributed by atoms with van der Waals surface area (Å²) in [6, 6.07) is 0. The lowest BCUT2D eigenvalue weighted by atomic mass is 10.2. The predicted octanol–water partition coefficient (Wildman–Crippen LogP) is -1.93. The second-order valence-corrected chi connectivity index (χ2v) is 4.40.